The Kier molecular flexibility index (Phi) is 9.26. The van der Waals surface area contributed by atoms with Crippen LogP contribution in [0.3, 0.4) is 0 Å². The average Bonchev–Trinajstić information content (AvgIpc) is 3.08. The molecule has 1 atom stereocenters. The number of para-hydroxylation sites is 1. The predicted octanol–water partition coefficient (Wildman–Crippen LogP) is 4.90. The second-order valence-electron chi connectivity index (χ2n) is 7.51. The molecule has 1 heterocycles. The molecule has 1 unspecified atom stereocenters. The lowest BCUT2D eigenvalue weighted by Gasteiger charge is -2.18. The first-order valence-electron chi connectivity index (χ1n) is 10.9. The fraction of sp³-hybridized carbons (Fsp3) is 0.458. The monoisotopic (exact) mass is 460 g/mol. The molecule has 32 heavy (non-hydrogen) atoms. The van der Waals surface area contributed by atoms with Gasteiger partial charge in [-0.15, -0.1) is 11.3 Å². The number of thiophene rings is 1. The Morgan fingerprint density at radius 1 is 1.06 bits per heavy atom. The first-order valence-corrected chi connectivity index (χ1v) is 11.7. The average molecular weight is 461 g/mol. The molecule has 2 aromatic rings. The maximum absolute atomic E-state index is 13.0. The molecule has 0 fully saturated rings. The molecule has 0 aliphatic rings. The van der Waals surface area contributed by atoms with Crippen LogP contribution in [0.4, 0.5) is 5.00 Å². The minimum absolute atomic E-state index is 0.177. The van der Waals surface area contributed by atoms with Crippen molar-refractivity contribution in [3.63, 3.8) is 0 Å². The molecule has 8 heteroatoms. The van der Waals surface area contributed by atoms with Gasteiger partial charge in [0.1, 0.15) is 10.8 Å². The number of nitrogens with zero attached hydrogens (tertiary/aromatic N) is 1. The van der Waals surface area contributed by atoms with Gasteiger partial charge in [-0.1, -0.05) is 25.1 Å². The molecule has 7 nitrogen and oxygen atoms in total. The summed E-state index contributed by atoms with van der Waals surface area (Å²) in [4.78, 5) is 40.9. The highest BCUT2D eigenvalue weighted by Gasteiger charge is 2.30. The number of hydrogen-bond acceptors (Lipinski definition) is 6. The summed E-state index contributed by atoms with van der Waals surface area (Å²) >= 11 is 1.09. The number of amides is 2. The number of nitrogens with one attached hydrogen (secondary N) is 1. The summed E-state index contributed by atoms with van der Waals surface area (Å²) in [5, 5.41) is 3.11. The van der Waals surface area contributed by atoms with Gasteiger partial charge in [-0.25, -0.2) is 4.79 Å². The van der Waals surface area contributed by atoms with Crippen molar-refractivity contribution in [1.82, 2.24) is 4.90 Å². The maximum Gasteiger partial charge on any atom is 0.341 e. The molecule has 0 aliphatic heterocycles. The van der Waals surface area contributed by atoms with E-state index in [-0.39, 0.29) is 17.6 Å². The quantitative estimate of drug-likeness (QED) is 0.510. The Morgan fingerprint density at radius 2 is 1.69 bits per heavy atom. The van der Waals surface area contributed by atoms with E-state index in [2.05, 4.69) is 5.32 Å². The summed E-state index contributed by atoms with van der Waals surface area (Å²) in [6.45, 7) is 11.9. The molecular weight excluding hydrogens is 428 g/mol. The van der Waals surface area contributed by atoms with Crippen LogP contribution in [0, 0.1) is 6.92 Å². The van der Waals surface area contributed by atoms with Crippen molar-refractivity contribution in [2.45, 2.75) is 60.2 Å². The predicted molar refractivity (Wildman–Crippen MR) is 127 cm³/mol. The van der Waals surface area contributed by atoms with Gasteiger partial charge in [-0.3, -0.25) is 9.59 Å². The van der Waals surface area contributed by atoms with E-state index in [9.17, 15) is 14.4 Å². The number of benzene rings is 1. The van der Waals surface area contributed by atoms with Crippen LogP contribution >= 0.6 is 11.3 Å². The summed E-state index contributed by atoms with van der Waals surface area (Å²) in [5.74, 6) is -0.560. The Hall–Kier alpha value is -2.87. The molecule has 1 N–H and O–H groups in total. The van der Waals surface area contributed by atoms with E-state index in [4.69, 9.17) is 9.47 Å². The van der Waals surface area contributed by atoms with Crippen molar-refractivity contribution in [3.8, 4) is 5.75 Å². The van der Waals surface area contributed by atoms with Crippen molar-refractivity contribution >= 4 is 34.1 Å². The van der Waals surface area contributed by atoms with Crippen LogP contribution in [0.5, 0.6) is 5.75 Å². The number of carbonyl (C=O) groups excluding carboxylic acids is 3. The lowest BCUT2D eigenvalue weighted by molar-refractivity contribution is -0.122. The zero-order valence-corrected chi connectivity index (χ0v) is 20.4. The fourth-order valence-electron chi connectivity index (χ4n) is 3.16. The van der Waals surface area contributed by atoms with Gasteiger partial charge in [-0.05, 0) is 58.7 Å². The normalized spacial score (nSPS) is 11.7. The van der Waals surface area contributed by atoms with Crippen LogP contribution in [0.25, 0.3) is 0 Å². The van der Waals surface area contributed by atoms with Gasteiger partial charge < -0.3 is 19.7 Å². The van der Waals surface area contributed by atoms with Crippen LogP contribution in [0.15, 0.2) is 30.3 Å². The number of carbonyl (C=O) groups is 3. The van der Waals surface area contributed by atoms with Crippen LogP contribution in [-0.2, 0) is 9.53 Å². The van der Waals surface area contributed by atoms with E-state index in [0.717, 1.165) is 11.3 Å². The van der Waals surface area contributed by atoms with E-state index in [1.807, 2.05) is 39.0 Å². The van der Waals surface area contributed by atoms with Crippen LogP contribution in [0.2, 0.25) is 0 Å². The molecule has 0 spiro atoms. The van der Waals surface area contributed by atoms with Gasteiger partial charge >= 0.3 is 5.97 Å². The second kappa shape index (κ2) is 11.7. The van der Waals surface area contributed by atoms with Crippen LogP contribution < -0.4 is 10.1 Å². The Morgan fingerprint density at radius 3 is 2.22 bits per heavy atom. The van der Waals surface area contributed by atoms with Crippen molar-refractivity contribution in [2.24, 2.45) is 0 Å². The number of hydrogen-bond donors (Lipinski definition) is 1. The first-order chi connectivity index (χ1) is 15.2. The molecule has 0 saturated heterocycles. The third kappa shape index (κ3) is 6.09. The van der Waals surface area contributed by atoms with E-state index >= 15 is 0 Å². The Bertz CT molecular complexity index is 935. The number of esters is 1. The highest BCUT2D eigenvalue weighted by Crippen LogP contribution is 2.35. The van der Waals surface area contributed by atoms with Gasteiger partial charge in [0.05, 0.1) is 16.5 Å². The minimum Gasteiger partial charge on any atom is -0.481 e. The Labute approximate surface area is 193 Å². The van der Waals surface area contributed by atoms with Gasteiger partial charge in [0, 0.05) is 13.1 Å². The molecule has 2 rings (SSSR count). The van der Waals surface area contributed by atoms with Crippen LogP contribution in [-0.4, -0.2) is 48.0 Å². The smallest absolute Gasteiger partial charge is 0.341 e. The molecule has 0 aliphatic carbocycles. The van der Waals surface area contributed by atoms with E-state index in [1.165, 1.54) is 0 Å². The third-order valence-corrected chi connectivity index (χ3v) is 6.06. The van der Waals surface area contributed by atoms with Crippen molar-refractivity contribution < 1.29 is 23.9 Å². The number of rotatable bonds is 10. The molecule has 1 aromatic heterocycles. The summed E-state index contributed by atoms with van der Waals surface area (Å²) < 4.78 is 11.2. The lowest BCUT2D eigenvalue weighted by Crippen LogP contribution is -2.32. The molecular formula is C24H32N2O5S. The summed E-state index contributed by atoms with van der Waals surface area (Å²) in [5.41, 5.74) is 0.715. The number of anilines is 1. The fourth-order valence-corrected chi connectivity index (χ4v) is 4.32. The maximum atomic E-state index is 13.0. The van der Waals surface area contributed by atoms with Gasteiger partial charge in [0.25, 0.3) is 11.8 Å². The van der Waals surface area contributed by atoms with Gasteiger partial charge in [0.15, 0.2) is 6.10 Å². The van der Waals surface area contributed by atoms with Crippen LogP contribution in [0.1, 0.15) is 66.6 Å². The zero-order chi connectivity index (χ0) is 23.8. The topological polar surface area (TPSA) is 84.9 Å². The largest absolute Gasteiger partial charge is 0.481 e. The van der Waals surface area contributed by atoms with E-state index in [1.54, 1.807) is 37.8 Å². The third-order valence-electron chi connectivity index (χ3n) is 4.86. The Balaban J connectivity index is 2.39. The summed E-state index contributed by atoms with van der Waals surface area (Å²) in [7, 11) is 0. The first kappa shape index (κ1) is 25.4. The molecule has 1 aromatic carbocycles. The lowest BCUT2D eigenvalue weighted by atomic mass is 10.1. The van der Waals surface area contributed by atoms with E-state index < -0.39 is 18.0 Å². The highest BCUT2D eigenvalue weighted by molar-refractivity contribution is 7.18. The molecule has 0 bridgehead atoms. The van der Waals surface area contributed by atoms with Crippen molar-refractivity contribution in [3.05, 3.63) is 46.3 Å². The summed E-state index contributed by atoms with van der Waals surface area (Å²) in [6, 6.07) is 9.07. The van der Waals surface area contributed by atoms with Gasteiger partial charge in [-0.2, -0.15) is 0 Å². The molecule has 0 saturated carbocycles. The zero-order valence-electron chi connectivity index (χ0n) is 19.6. The summed E-state index contributed by atoms with van der Waals surface area (Å²) in [6.07, 6.45) is -0.657. The molecule has 0 radical (unpaired) electrons. The molecule has 2 amide bonds. The van der Waals surface area contributed by atoms with E-state index in [0.29, 0.717) is 40.7 Å². The van der Waals surface area contributed by atoms with Crippen molar-refractivity contribution in [2.75, 3.05) is 18.4 Å². The number of ether oxygens (including phenoxy) is 2. The van der Waals surface area contributed by atoms with Gasteiger partial charge in [0.2, 0.25) is 0 Å². The SMILES string of the molecule is CCC(Oc1ccccc1)C(=O)Nc1sc(C(=O)N(CC)CC)c(C)c1C(=O)OC(C)C. The highest BCUT2D eigenvalue weighted by atomic mass is 32.1. The molecule has 174 valence electrons. The minimum atomic E-state index is -0.754. The van der Waals surface area contributed by atoms with Crippen molar-refractivity contribution in [1.29, 1.82) is 0 Å². The standard InChI is InChI=1S/C24H32N2O5S/c1-7-18(31-17-13-11-10-12-14-17)21(27)25-22-19(24(29)30-15(4)5)16(6)20(32-22)23(28)26(8-2)9-3/h10-15,18H,7-9H2,1-6H3,(H,25,27). The second-order valence-corrected chi connectivity index (χ2v) is 8.53.